The molecule has 0 aromatic rings. The maximum absolute atomic E-state index is 13.1. The summed E-state index contributed by atoms with van der Waals surface area (Å²) in [6.45, 7) is 4.66. The lowest BCUT2D eigenvalue weighted by Crippen LogP contribution is -2.57. The van der Waals surface area contributed by atoms with Crippen molar-refractivity contribution in [3.05, 3.63) is 0 Å². The second-order valence-corrected chi connectivity index (χ2v) is 9.18. The van der Waals surface area contributed by atoms with E-state index in [1.54, 1.807) is 0 Å². The average molecular weight is 514 g/mol. The van der Waals surface area contributed by atoms with Crippen molar-refractivity contribution >= 4 is 35.6 Å². The number of rotatable bonds is 16. The van der Waals surface area contributed by atoms with Crippen LogP contribution in [0.1, 0.15) is 58.8 Å². The quantitative estimate of drug-likeness (QED) is 0.0657. The molecule has 0 saturated carbocycles. The molecule has 1 rings (SSSR count). The highest BCUT2D eigenvalue weighted by molar-refractivity contribution is 5.94. The Bertz CT molecular complexity index is 809. The van der Waals surface area contributed by atoms with Gasteiger partial charge in [0.2, 0.25) is 17.7 Å². The highest BCUT2D eigenvalue weighted by Gasteiger charge is 2.31. The van der Waals surface area contributed by atoms with Gasteiger partial charge in [0, 0.05) is 13.0 Å². The van der Waals surface area contributed by atoms with Crippen LogP contribution < -0.4 is 32.7 Å². The van der Waals surface area contributed by atoms with Crippen LogP contribution in [0.2, 0.25) is 0 Å². The van der Waals surface area contributed by atoms with Gasteiger partial charge in [-0.2, -0.15) is 0 Å². The average Bonchev–Trinajstić information content (AvgIpc) is 3.32. The van der Waals surface area contributed by atoms with Crippen molar-refractivity contribution in [1.82, 2.24) is 21.3 Å². The van der Waals surface area contributed by atoms with Gasteiger partial charge in [-0.05, 0) is 51.0 Å². The van der Waals surface area contributed by atoms with Crippen molar-refractivity contribution in [2.24, 2.45) is 22.4 Å². The van der Waals surface area contributed by atoms with E-state index >= 15 is 0 Å². The first-order valence-electron chi connectivity index (χ1n) is 12.0. The number of aliphatic imine (C=N–C) groups is 1. The smallest absolute Gasteiger partial charge is 0.326 e. The SMILES string of the molecule is CC(C)CC(NC(=O)C1CCCN1)C(=O)NC(CCCN=C(N)N)C(=O)NC(CCC(=O)O)C(=O)O. The van der Waals surface area contributed by atoms with Crippen LogP contribution in [0, 0.1) is 5.92 Å². The Labute approximate surface area is 210 Å². The third-order valence-electron chi connectivity index (χ3n) is 5.56. The molecular weight excluding hydrogens is 474 g/mol. The minimum Gasteiger partial charge on any atom is -0.481 e. The molecule has 1 aliphatic heterocycles. The Morgan fingerprint density at radius 2 is 1.61 bits per heavy atom. The molecule has 0 aliphatic carbocycles. The van der Waals surface area contributed by atoms with Crippen molar-refractivity contribution in [2.45, 2.75) is 83.0 Å². The normalized spacial score (nSPS) is 17.5. The summed E-state index contributed by atoms with van der Waals surface area (Å²) in [5.74, 6) is -4.38. The number of carbonyl (C=O) groups is 5. The maximum atomic E-state index is 13.1. The minimum atomic E-state index is -1.45. The molecule has 1 fully saturated rings. The van der Waals surface area contributed by atoms with Crippen molar-refractivity contribution in [1.29, 1.82) is 0 Å². The predicted octanol–water partition coefficient (Wildman–Crippen LogP) is -1.76. The number of nitrogens with two attached hydrogens (primary N) is 2. The summed E-state index contributed by atoms with van der Waals surface area (Å²) in [7, 11) is 0. The highest BCUT2D eigenvalue weighted by atomic mass is 16.4. The van der Waals surface area contributed by atoms with Crippen molar-refractivity contribution in [3.63, 3.8) is 0 Å². The van der Waals surface area contributed by atoms with Crippen LogP contribution in [0.5, 0.6) is 0 Å². The first-order valence-corrected chi connectivity index (χ1v) is 12.0. The Kier molecular flexibility index (Phi) is 13.2. The lowest BCUT2D eigenvalue weighted by atomic mass is 10.0. The zero-order valence-electron chi connectivity index (χ0n) is 20.8. The molecule has 204 valence electrons. The number of nitrogens with zero attached hydrogens (tertiary/aromatic N) is 1. The van der Waals surface area contributed by atoms with Crippen molar-refractivity contribution in [3.8, 4) is 0 Å². The van der Waals surface area contributed by atoms with Crippen LogP contribution in [0.15, 0.2) is 4.99 Å². The molecule has 1 heterocycles. The van der Waals surface area contributed by atoms with Crippen molar-refractivity contribution in [2.75, 3.05) is 13.1 Å². The number of aliphatic carboxylic acids is 2. The fourth-order valence-electron chi connectivity index (χ4n) is 3.73. The third kappa shape index (κ3) is 11.8. The number of guanidine groups is 1. The van der Waals surface area contributed by atoms with Gasteiger partial charge in [0.05, 0.1) is 6.04 Å². The Morgan fingerprint density at radius 1 is 0.972 bits per heavy atom. The van der Waals surface area contributed by atoms with Crippen LogP contribution >= 0.6 is 0 Å². The Morgan fingerprint density at radius 3 is 2.14 bits per heavy atom. The summed E-state index contributed by atoms with van der Waals surface area (Å²) >= 11 is 0. The second kappa shape index (κ2) is 15.5. The third-order valence-corrected chi connectivity index (χ3v) is 5.56. The number of hydrogen-bond donors (Lipinski definition) is 8. The molecule has 3 amide bonds. The maximum Gasteiger partial charge on any atom is 0.326 e. The van der Waals surface area contributed by atoms with Crippen LogP contribution in [-0.4, -0.2) is 83.1 Å². The molecule has 14 heteroatoms. The van der Waals surface area contributed by atoms with E-state index in [1.807, 2.05) is 13.8 Å². The summed E-state index contributed by atoms with van der Waals surface area (Å²) in [6, 6.07) is -3.91. The number of hydrogen-bond acceptors (Lipinski definition) is 7. The second-order valence-electron chi connectivity index (χ2n) is 9.18. The molecule has 0 radical (unpaired) electrons. The van der Waals surface area contributed by atoms with Gasteiger partial charge in [0.1, 0.15) is 18.1 Å². The summed E-state index contributed by atoms with van der Waals surface area (Å²) < 4.78 is 0. The lowest BCUT2D eigenvalue weighted by Gasteiger charge is -2.26. The first-order chi connectivity index (χ1) is 16.9. The molecular formula is C22H39N7O7. The molecule has 0 bridgehead atoms. The molecule has 0 aromatic carbocycles. The standard InChI is InChI=1S/C22H39N7O7/c1-12(2)11-16(29-18(32)13-5-3-9-25-13)20(34)27-14(6-4-10-26-22(23)24)19(33)28-15(21(35)36)7-8-17(30)31/h12-16,25H,3-11H2,1-2H3,(H,27,34)(H,28,33)(H,29,32)(H,30,31)(H,35,36)(H4,23,24,26). The fraction of sp³-hybridized carbons (Fsp3) is 0.727. The van der Waals surface area contributed by atoms with Crippen LogP contribution in [0.25, 0.3) is 0 Å². The van der Waals surface area contributed by atoms with Gasteiger partial charge in [0.25, 0.3) is 0 Å². The van der Waals surface area contributed by atoms with E-state index in [2.05, 4.69) is 26.3 Å². The fourth-order valence-corrected chi connectivity index (χ4v) is 3.73. The van der Waals surface area contributed by atoms with Gasteiger partial charge in [-0.1, -0.05) is 13.8 Å². The molecule has 4 unspecified atom stereocenters. The van der Waals surface area contributed by atoms with E-state index in [1.165, 1.54) is 0 Å². The van der Waals surface area contributed by atoms with Crippen LogP contribution in [-0.2, 0) is 24.0 Å². The minimum absolute atomic E-state index is 0.0548. The first kappa shape index (κ1) is 30.6. The number of nitrogens with one attached hydrogen (secondary N) is 4. The number of amides is 3. The lowest BCUT2D eigenvalue weighted by molar-refractivity contribution is -0.143. The number of carboxylic acid groups (broad SMARTS) is 2. The van der Waals surface area contributed by atoms with E-state index in [9.17, 15) is 29.1 Å². The molecule has 36 heavy (non-hydrogen) atoms. The van der Waals surface area contributed by atoms with Gasteiger partial charge >= 0.3 is 11.9 Å². The molecule has 1 saturated heterocycles. The van der Waals surface area contributed by atoms with E-state index < -0.39 is 54.3 Å². The largest absolute Gasteiger partial charge is 0.481 e. The summed E-state index contributed by atoms with van der Waals surface area (Å²) in [4.78, 5) is 64.8. The van der Waals surface area contributed by atoms with Crippen LogP contribution in [0.4, 0.5) is 0 Å². The Hall–Kier alpha value is -3.42. The number of carbonyl (C=O) groups excluding carboxylic acids is 3. The van der Waals surface area contributed by atoms with E-state index in [4.69, 9.17) is 16.6 Å². The Balaban J connectivity index is 2.97. The van der Waals surface area contributed by atoms with E-state index in [-0.39, 0.29) is 43.6 Å². The molecule has 14 nitrogen and oxygen atoms in total. The zero-order valence-corrected chi connectivity index (χ0v) is 20.8. The van der Waals surface area contributed by atoms with Gasteiger partial charge in [0.15, 0.2) is 5.96 Å². The van der Waals surface area contributed by atoms with E-state index in [0.29, 0.717) is 19.4 Å². The monoisotopic (exact) mass is 513 g/mol. The summed E-state index contributed by atoms with van der Waals surface area (Å²) in [5, 5.41) is 28.9. The summed E-state index contributed by atoms with van der Waals surface area (Å²) in [6.07, 6.45) is 1.40. The number of carboxylic acids is 2. The summed E-state index contributed by atoms with van der Waals surface area (Å²) in [5.41, 5.74) is 10.6. The zero-order chi connectivity index (χ0) is 27.3. The molecule has 0 spiro atoms. The molecule has 0 aromatic heterocycles. The predicted molar refractivity (Wildman–Crippen MR) is 131 cm³/mol. The highest BCUT2D eigenvalue weighted by Crippen LogP contribution is 2.10. The molecule has 1 aliphatic rings. The van der Waals surface area contributed by atoms with Crippen LogP contribution in [0.3, 0.4) is 0 Å². The van der Waals surface area contributed by atoms with Gasteiger partial charge in [-0.15, -0.1) is 0 Å². The van der Waals surface area contributed by atoms with Gasteiger partial charge < -0.3 is 42.9 Å². The molecule has 4 atom stereocenters. The van der Waals surface area contributed by atoms with Crippen molar-refractivity contribution < 1.29 is 34.2 Å². The molecule has 10 N–H and O–H groups in total. The topological polar surface area (TPSA) is 238 Å². The van der Waals surface area contributed by atoms with Gasteiger partial charge in [-0.25, -0.2) is 4.79 Å². The van der Waals surface area contributed by atoms with Gasteiger partial charge in [-0.3, -0.25) is 24.2 Å². The van der Waals surface area contributed by atoms with E-state index in [0.717, 1.165) is 6.42 Å².